The van der Waals surface area contributed by atoms with Crippen molar-refractivity contribution in [3.63, 3.8) is 0 Å². The molecule has 0 saturated carbocycles. The van der Waals surface area contributed by atoms with Gasteiger partial charge in [-0.25, -0.2) is 4.79 Å². The minimum atomic E-state index is -0.497. The van der Waals surface area contributed by atoms with Gasteiger partial charge in [0.05, 0.1) is 5.56 Å². The van der Waals surface area contributed by atoms with E-state index in [1.54, 1.807) is 6.07 Å². The maximum Gasteiger partial charge on any atom is 0.338 e. The van der Waals surface area contributed by atoms with Crippen molar-refractivity contribution in [2.45, 2.75) is 33.3 Å². The molecule has 3 heteroatoms. The second-order valence-corrected chi connectivity index (χ2v) is 7.01. The van der Waals surface area contributed by atoms with Gasteiger partial charge in [-0.1, -0.05) is 45.8 Å². The molecule has 0 spiro atoms. The van der Waals surface area contributed by atoms with Gasteiger partial charge >= 0.3 is 5.97 Å². The number of carbonyl (C=O) groups is 1. The van der Waals surface area contributed by atoms with Crippen LogP contribution in [0.3, 0.4) is 0 Å². The molecule has 0 aromatic heterocycles. The Morgan fingerprint density at radius 3 is 2.19 bits per heavy atom. The molecule has 0 N–H and O–H groups in total. The van der Waals surface area contributed by atoms with Crippen molar-refractivity contribution in [1.29, 1.82) is 0 Å². The predicted molar refractivity (Wildman–Crippen MR) is 89.5 cm³/mol. The molecule has 2 nitrogen and oxygen atoms in total. The third-order valence-electron chi connectivity index (χ3n) is 2.92. The molecular formula is C18H19BrO2. The molecule has 0 bridgehead atoms. The van der Waals surface area contributed by atoms with Gasteiger partial charge in [-0.3, -0.25) is 0 Å². The molecule has 0 heterocycles. The quantitative estimate of drug-likeness (QED) is 0.682. The Kier molecular flexibility index (Phi) is 4.52. The van der Waals surface area contributed by atoms with E-state index >= 15 is 0 Å². The van der Waals surface area contributed by atoms with E-state index in [-0.39, 0.29) is 5.97 Å². The highest BCUT2D eigenvalue weighted by Gasteiger charge is 2.18. The summed E-state index contributed by atoms with van der Waals surface area (Å²) in [5.74, 6) is -0.308. The van der Waals surface area contributed by atoms with Gasteiger partial charge in [-0.15, -0.1) is 0 Å². The van der Waals surface area contributed by atoms with E-state index in [9.17, 15) is 4.79 Å². The van der Waals surface area contributed by atoms with E-state index in [2.05, 4.69) is 47.1 Å². The smallest absolute Gasteiger partial charge is 0.338 e. The number of benzene rings is 2. The molecule has 0 radical (unpaired) electrons. The summed E-state index contributed by atoms with van der Waals surface area (Å²) in [6.45, 7) is 7.65. The summed E-state index contributed by atoms with van der Waals surface area (Å²) < 4.78 is 6.29. The van der Waals surface area contributed by atoms with Crippen LogP contribution >= 0.6 is 15.9 Å². The van der Waals surface area contributed by atoms with Crippen molar-refractivity contribution in [3.8, 4) is 11.1 Å². The Morgan fingerprint density at radius 2 is 1.62 bits per heavy atom. The number of rotatable bonds is 2. The SMILES string of the molecule is Cc1ccc(-c2cc(Br)cc(C(=O)OC(C)(C)C)c2)cc1. The Labute approximate surface area is 134 Å². The fourth-order valence-corrected chi connectivity index (χ4v) is 2.45. The van der Waals surface area contributed by atoms with Crippen LogP contribution in [0, 0.1) is 6.92 Å². The first-order valence-electron chi connectivity index (χ1n) is 6.85. The predicted octanol–water partition coefficient (Wildman–Crippen LogP) is 5.38. The van der Waals surface area contributed by atoms with Crippen molar-refractivity contribution in [3.05, 3.63) is 58.1 Å². The highest BCUT2D eigenvalue weighted by molar-refractivity contribution is 9.10. The molecule has 0 aliphatic rings. The van der Waals surface area contributed by atoms with Crippen molar-refractivity contribution in [1.82, 2.24) is 0 Å². The number of hydrogen-bond acceptors (Lipinski definition) is 2. The topological polar surface area (TPSA) is 26.3 Å². The van der Waals surface area contributed by atoms with E-state index in [1.165, 1.54) is 5.56 Å². The van der Waals surface area contributed by atoms with Crippen LogP contribution < -0.4 is 0 Å². The van der Waals surface area contributed by atoms with Crippen molar-refractivity contribution in [2.24, 2.45) is 0 Å². The summed E-state index contributed by atoms with van der Waals surface area (Å²) in [5, 5.41) is 0. The van der Waals surface area contributed by atoms with Crippen molar-refractivity contribution in [2.75, 3.05) is 0 Å². The second-order valence-electron chi connectivity index (χ2n) is 6.10. The Bertz CT molecular complexity index is 652. The molecule has 110 valence electrons. The average molecular weight is 347 g/mol. The lowest BCUT2D eigenvalue weighted by molar-refractivity contribution is 0.00695. The van der Waals surface area contributed by atoms with Gasteiger partial charge in [-0.2, -0.15) is 0 Å². The van der Waals surface area contributed by atoms with Crippen LogP contribution in [0.15, 0.2) is 46.9 Å². The number of ether oxygens (including phenoxy) is 1. The standard InChI is InChI=1S/C18H19BrO2/c1-12-5-7-13(8-6-12)14-9-15(11-16(19)10-14)17(20)21-18(2,3)4/h5-11H,1-4H3. The molecule has 0 amide bonds. The zero-order valence-corrected chi connectivity index (χ0v) is 14.3. The van der Waals surface area contributed by atoms with Crippen molar-refractivity contribution >= 4 is 21.9 Å². The van der Waals surface area contributed by atoms with Gasteiger partial charge in [0.1, 0.15) is 5.60 Å². The molecule has 21 heavy (non-hydrogen) atoms. The number of carbonyl (C=O) groups excluding carboxylic acids is 1. The Hall–Kier alpha value is -1.61. The molecule has 2 aromatic rings. The van der Waals surface area contributed by atoms with Crippen LogP contribution in [0.25, 0.3) is 11.1 Å². The third-order valence-corrected chi connectivity index (χ3v) is 3.38. The lowest BCUT2D eigenvalue weighted by atomic mass is 10.0. The largest absolute Gasteiger partial charge is 0.456 e. The summed E-state index contributed by atoms with van der Waals surface area (Å²) in [4.78, 5) is 12.2. The summed E-state index contributed by atoms with van der Waals surface area (Å²) in [5.41, 5.74) is 3.33. The van der Waals surface area contributed by atoms with Gasteiger partial charge in [0.25, 0.3) is 0 Å². The Morgan fingerprint density at radius 1 is 1.00 bits per heavy atom. The van der Waals surface area contributed by atoms with Crippen LogP contribution in [0.2, 0.25) is 0 Å². The van der Waals surface area contributed by atoms with Gasteiger partial charge in [0.2, 0.25) is 0 Å². The maximum atomic E-state index is 12.2. The second kappa shape index (κ2) is 6.02. The average Bonchev–Trinajstić information content (AvgIpc) is 2.36. The van der Waals surface area contributed by atoms with Gasteiger partial charge < -0.3 is 4.74 Å². The molecule has 0 unspecified atom stereocenters. The number of aryl methyl sites for hydroxylation is 1. The molecule has 0 aliphatic carbocycles. The van der Waals surface area contributed by atoms with Crippen LogP contribution in [-0.2, 0) is 4.74 Å². The van der Waals surface area contributed by atoms with Crippen LogP contribution in [-0.4, -0.2) is 11.6 Å². The zero-order valence-electron chi connectivity index (χ0n) is 12.7. The molecular weight excluding hydrogens is 328 g/mol. The lowest BCUT2D eigenvalue weighted by Gasteiger charge is -2.19. The first-order valence-corrected chi connectivity index (χ1v) is 7.65. The van der Waals surface area contributed by atoms with E-state index < -0.39 is 5.60 Å². The molecule has 2 aromatic carbocycles. The number of esters is 1. The highest BCUT2D eigenvalue weighted by Crippen LogP contribution is 2.26. The van der Waals surface area contributed by atoms with E-state index in [4.69, 9.17) is 4.74 Å². The first-order chi connectivity index (χ1) is 9.74. The van der Waals surface area contributed by atoms with Gasteiger partial charge in [-0.05, 0) is 57.0 Å². The lowest BCUT2D eigenvalue weighted by Crippen LogP contribution is -2.23. The first kappa shape index (κ1) is 15.8. The minimum Gasteiger partial charge on any atom is -0.456 e. The normalized spacial score (nSPS) is 11.3. The highest BCUT2D eigenvalue weighted by atomic mass is 79.9. The minimum absolute atomic E-state index is 0.308. The maximum absolute atomic E-state index is 12.2. The molecule has 0 fully saturated rings. The van der Waals surface area contributed by atoms with E-state index in [0.717, 1.165) is 15.6 Å². The van der Waals surface area contributed by atoms with Crippen LogP contribution in [0.4, 0.5) is 0 Å². The summed E-state index contributed by atoms with van der Waals surface area (Å²) in [6, 6.07) is 13.9. The van der Waals surface area contributed by atoms with Crippen molar-refractivity contribution < 1.29 is 9.53 Å². The fraction of sp³-hybridized carbons (Fsp3) is 0.278. The fourth-order valence-electron chi connectivity index (χ4n) is 1.96. The van der Waals surface area contributed by atoms with Crippen LogP contribution in [0.5, 0.6) is 0 Å². The molecule has 0 saturated heterocycles. The number of hydrogen-bond donors (Lipinski definition) is 0. The summed E-state index contributed by atoms with van der Waals surface area (Å²) >= 11 is 3.46. The van der Waals surface area contributed by atoms with Crippen LogP contribution in [0.1, 0.15) is 36.7 Å². The summed E-state index contributed by atoms with van der Waals surface area (Å²) in [7, 11) is 0. The number of halogens is 1. The van der Waals surface area contributed by atoms with E-state index in [0.29, 0.717) is 5.56 Å². The molecule has 0 aliphatic heterocycles. The van der Waals surface area contributed by atoms with Gasteiger partial charge in [0, 0.05) is 4.47 Å². The third kappa shape index (κ3) is 4.43. The van der Waals surface area contributed by atoms with E-state index in [1.807, 2.05) is 32.9 Å². The Balaban J connectivity index is 2.37. The summed E-state index contributed by atoms with van der Waals surface area (Å²) in [6.07, 6.45) is 0. The molecule has 0 atom stereocenters. The molecule has 2 rings (SSSR count). The van der Waals surface area contributed by atoms with Gasteiger partial charge in [0.15, 0.2) is 0 Å². The zero-order chi connectivity index (χ0) is 15.6. The monoisotopic (exact) mass is 346 g/mol.